The van der Waals surface area contributed by atoms with Crippen molar-refractivity contribution in [3.8, 4) is 0 Å². The summed E-state index contributed by atoms with van der Waals surface area (Å²) in [4.78, 5) is 26.3. The third-order valence-electron chi connectivity index (χ3n) is 5.73. The van der Waals surface area contributed by atoms with Gasteiger partial charge in [-0.3, -0.25) is 14.5 Å². The smallest absolute Gasteiger partial charge is 0.235 e. The van der Waals surface area contributed by atoms with E-state index in [9.17, 15) is 14.7 Å². The van der Waals surface area contributed by atoms with Crippen LogP contribution in [0.3, 0.4) is 0 Å². The zero-order chi connectivity index (χ0) is 17.4. The van der Waals surface area contributed by atoms with Gasteiger partial charge in [0.2, 0.25) is 11.8 Å². The molecule has 1 aliphatic carbocycles. The number of aliphatic hydroxyl groups excluding tert-OH is 1. The molecule has 1 spiro atoms. The topological polar surface area (TPSA) is 57.6 Å². The minimum absolute atomic E-state index is 0.0624. The van der Waals surface area contributed by atoms with Crippen LogP contribution < -0.4 is 0 Å². The molecule has 2 amide bonds. The number of aliphatic hydroxyl groups is 1. The quantitative estimate of drug-likeness (QED) is 0.873. The molecule has 4 rings (SSSR count). The Morgan fingerprint density at radius 3 is 2.52 bits per heavy atom. The zero-order valence-electron chi connectivity index (χ0n) is 14.3. The van der Waals surface area contributed by atoms with Crippen LogP contribution in [0.15, 0.2) is 42.5 Å². The molecule has 1 saturated heterocycles. The van der Waals surface area contributed by atoms with Crippen molar-refractivity contribution in [3.05, 3.63) is 48.0 Å². The van der Waals surface area contributed by atoms with Gasteiger partial charge in [0, 0.05) is 12.8 Å². The first kappa shape index (κ1) is 16.3. The summed E-state index contributed by atoms with van der Waals surface area (Å²) in [5.74, 6) is -0.183. The van der Waals surface area contributed by atoms with Gasteiger partial charge in [0.15, 0.2) is 0 Å². The SMILES string of the molecule is O=C1CC2(CCCC2)C(=O)N1CC(O)Cc1ccc2ccccc2c1. The molecule has 2 aliphatic rings. The van der Waals surface area contributed by atoms with E-state index in [1.54, 1.807) is 0 Å². The molecule has 0 aromatic heterocycles. The summed E-state index contributed by atoms with van der Waals surface area (Å²) < 4.78 is 0. The van der Waals surface area contributed by atoms with E-state index in [0.717, 1.165) is 42.0 Å². The number of carbonyl (C=O) groups excluding carboxylic acids is 2. The van der Waals surface area contributed by atoms with E-state index in [1.807, 2.05) is 30.3 Å². The molecule has 4 heteroatoms. The van der Waals surface area contributed by atoms with Gasteiger partial charge in [-0.05, 0) is 29.2 Å². The second kappa shape index (κ2) is 6.26. The summed E-state index contributed by atoms with van der Waals surface area (Å²) in [6, 6.07) is 14.2. The molecule has 1 unspecified atom stereocenters. The molecular weight excluding hydrogens is 314 g/mol. The molecule has 4 nitrogen and oxygen atoms in total. The first-order chi connectivity index (χ1) is 12.1. The van der Waals surface area contributed by atoms with Crippen molar-refractivity contribution in [2.45, 2.75) is 44.6 Å². The van der Waals surface area contributed by atoms with E-state index in [0.29, 0.717) is 12.8 Å². The predicted octanol–water partition coefficient (Wildman–Crippen LogP) is 3.06. The van der Waals surface area contributed by atoms with E-state index < -0.39 is 11.5 Å². The van der Waals surface area contributed by atoms with Crippen LogP contribution >= 0.6 is 0 Å². The molecule has 130 valence electrons. The zero-order valence-corrected chi connectivity index (χ0v) is 14.3. The number of fused-ring (bicyclic) bond motifs is 1. The van der Waals surface area contributed by atoms with E-state index in [4.69, 9.17) is 0 Å². The summed E-state index contributed by atoms with van der Waals surface area (Å²) >= 11 is 0. The van der Waals surface area contributed by atoms with Gasteiger partial charge in [0.05, 0.1) is 18.1 Å². The van der Waals surface area contributed by atoms with Crippen molar-refractivity contribution in [1.29, 1.82) is 0 Å². The van der Waals surface area contributed by atoms with Crippen LogP contribution in [0.5, 0.6) is 0 Å². The number of hydrogen-bond donors (Lipinski definition) is 1. The van der Waals surface area contributed by atoms with E-state index in [-0.39, 0.29) is 18.4 Å². The van der Waals surface area contributed by atoms with Gasteiger partial charge in [-0.1, -0.05) is 55.3 Å². The highest BCUT2D eigenvalue weighted by molar-refractivity contribution is 6.06. The fraction of sp³-hybridized carbons (Fsp3) is 0.429. The molecule has 2 fully saturated rings. The summed E-state index contributed by atoms with van der Waals surface area (Å²) in [5, 5.41) is 12.7. The highest BCUT2D eigenvalue weighted by Gasteiger charge is 2.52. The molecular formula is C21H23NO3. The Labute approximate surface area is 147 Å². The van der Waals surface area contributed by atoms with Gasteiger partial charge in [-0.25, -0.2) is 0 Å². The van der Waals surface area contributed by atoms with Crippen molar-refractivity contribution in [3.63, 3.8) is 0 Å². The van der Waals surface area contributed by atoms with Crippen LogP contribution in [0.25, 0.3) is 10.8 Å². The summed E-state index contributed by atoms with van der Waals surface area (Å²) in [6.45, 7) is 0.103. The average Bonchev–Trinajstić information content (AvgIpc) is 3.16. The number of carbonyl (C=O) groups is 2. The van der Waals surface area contributed by atoms with Gasteiger partial charge < -0.3 is 5.11 Å². The van der Waals surface area contributed by atoms with E-state index >= 15 is 0 Å². The summed E-state index contributed by atoms with van der Waals surface area (Å²) in [5.41, 5.74) is 0.556. The van der Waals surface area contributed by atoms with E-state index in [1.165, 1.54) is 4.90 Å². The molecule has 1 atom stereocenters. The van der Waals surface area contributed by atoms with Crippen LogP contribution in [0.1, 0.15) is 37.7 Å². The van der Waals surface area contributed by atoms with Crippen molar-refractivity contribution in [2.75, 3.05) is 6.54 Å². The molecule has 1 aliphatic heterocycles. The first-order valence-electron chi connectivity index (χ1n) is 9.08. The lowest BCUT2D eigenvalue weighted by molar-refractivity contribution is -0.142. The Balaban J connectivity index is 1.45. The normalized spacial score (nSPS) is 20.8. The highest BCUT2D eigenvalue weighted by atomic mass is 16.3. The van der Waals surface area contributed by atoms with Crippen LogP contribution in [-0.4, -0.2) is 34.5 Å². The highest BCUT2D eigenvalue weighted by Crippen LogP contribution is 2.46. The van der Waals surface area contributed by atoms with Gasteiger partial charge in [0.25, 0.3) is 0 Å². The van der Waals surface area contributed by atoms with Crippen molar-refractivity contribution in [1.82, 2.24) is 4.90 Å². The third-order valence-corrected chi connectivity index (χ3v) is 5.73. The number of β-amino-alcohol motifs (C(OH)–C–C–N with tert-alkyl or cyclic N) is 1. The standard InChI is InChI=1S/C21H23NO3/c23-18(12-15-7-8-16-5-1-2-6-17(16)11-15)14-22-19(24)13-21(20(22)25)9-3-4-10-21/h1-2,5-8,11,18,23H,3-4,9-10,12-14H2. The van der Waals surface area contributed by atoms with Gasteiger partial charge >= 0.3 is 0 Å². The number of imide groups is 1. The Morgan fingerprint density at radius 2 is 1.76 bits per heavy atom. The van der Waals surface area contributed by atoms with Crippen molar-refractivity contribution in [2.24, 2.45) is 5.41 Å². The lowest BCUT2D eigenvalue weighted by atomic mass is 9.84. The summed E-state index contributed by atoms with van der Waals surface area (Å²) in [7, 11) is 0. The Morgan fingerprint density at radius 1 is 1.04 bits per heavy atom. The fourth-order valence-electron chi connectivity index (χ4n) is 4.40. The fourth-order valence-corrected chi connectivity index (χ4v) is 4.40. The maximum Gasteiger partial charge on any atom is 0.235 e. The molecule has 0 radical (unpaired) electrons. The largest absolute Gasteiger partial charge is 0.391 e. The van der Waals surface area contributed by atoms with Crippen LogP contribution in [0.4, 0.5) is 0 Å². The monoisotopic (exact) mass is 337 g/mol. The number of amides is 2. The lowest BCUT2D eigenvalue weighted by Gasteiger charge is -2.23. The average molecular weight is 337 g/mol. The molecule has 1 N–H and O–H groups in total. The molecule has 0 bridgehead atoms. The number of rotatable bonds is 4. The molecule has 25 heavy (non-hydrogen) atoms. The van der Waals surface area contributed by atoms with Crippen LogP contribution in [0.2, 0.25) is 0 Å². The number of hydrogen-bond acceptors (Lipinski definition) is 3. The van der Waals surface area contributed by atoms with Gasteiger partial charge in [0.1, 0.15) is 0 Å². The second-order valence-electron chi connectivity index (χ2n) is 7.51. The maximum absolute atomic E-state index is 12.7. The van der Waals surface area contributed by atoms with E-state index in [2.05, 4.69) is 12.1 Å². The number of nitrogens with zero attached hydrogens (tertiary/aromatic N) is 1. The van der Waals surface area contributed by atoms with Crippen LogP contribution in [0, 0.1) is 5.41 Å². The van der Waals surface area contributed by atoms with Crippen molar-refractivity contribution >= 4 is 22.6 Å². The Hall–Kier alpha value is -2.20. The van der Waals surface area contributed by atoms with Gasteiger partial charge in [-0.15, -0.1) is 0 Å². The lowest BCUT2D eigenvalue weighted by Crippen LogP contribution is -2.40. The Kier molecular flexibility index (Phi) is 4.08. The number of likely N-dealkylation sites (tertiary alicyclic amines) is 1. The minimum Gasteiger partial charge on any atom is -0.391 e. The Bertz CT molecular complexity index is 823. The summed E-state index contributed by atoms with van der Waals surface area (Å²) in [6.07, 6.45) is 3.71. The predicted molar refractivity (Wildman–Crippen MR) is 95.9 cm³/mol. The molecule has 2 aromatic rings. The molecule has 1 saturated carbocycles. The van der Waals surface area contributed by atoms with Crippen LogP contribution in [-0.2, 0) is 16.0 Å². The first-order valence-corrected chi connectivity index (χ1v) is 9.08. The molecule has 1 heterocycles. The second-order valence-corrected chi connectivity index (χ2v) is 7.51. The van der Waals surface area contributed by atoms with Crippen molar-refractivity contribution < 1.29 is 14.7 Å². The molecule has 2 aromatic carbocycles. The third kappa shape index (κ3) is 2.95. The maximum atomic E-state index is 12.7. The number of benzene rings is 2. The minimum atomic E-state index is -0.731. The van der Waals surface area contributed by atoms with Gasteiger partial charge in [-0.2, -0.15) is 0 Å².